The fraction of sp³-hybridized carbons (Fsp3) is 0.441. The molecule has 0 aliphatic carbocycles. The van der Waals surface area contributed by atoms with E-state index < -0.39 is 23.6 Å². The van der Waals surface area contributed by atoms with E-state index in [4.69, 9.17) is 16.9 Å². The Hall–Kier alpha value is -4.47. The second-order valence-corrected chi connectivity index (χ2v) is 12.8. The summed E-state index contributed by atoms with van der Waals surface area (Å²) in [6, 6.07) is 11.5. The predicted molar refractivity (Wildman–Crippen MR) is 181 cm³/mol. The number of aromatic amines is 1. The average molecular weight is 686 g/mol. The first-order chi connectivity index (χ1) is 23.3. The first-order valence-corrected chi connectivity index (χ1v) is 16.4. The molecule has 0 amide bonds. The van der Waals surface area contributed by atoms with Gasteiger partial charge in [0.2, 0.25) is 0 Å². The molecule has 15 heteroatoms. The Labute approximate surface area is 281 Å². The van der Waals surface area contributed by atoms with Crippen LogP contribution in [-0.4, -0.2) is 58.6 Å². The smallest absolute Gasteiger partial charge is 0.403 e. The highest BCUT2D eigenvalue weighted by Crippen LogP contribution is 2.35. The molecule has 0 saturated carbocycles. The van der Waals surface area contributed by atoms with Crippen LogP contribution in [0.15, 0.2) is 53.5 Å². The van der Waals surface area contributed by atoms with E-state index in [0.717, 1.165) is 37.6 Å². The van der Waals surface area contributed by atoms with Gasteiger partial charge in [-0.05, 0) is 113 Å². The van der Waals surface area contributed by atoms with Crippen molar-refractivity contribution in [1.29, 1.82) is 5.41 Å². The number of fused-ring (bicyclic) bond motifs is 1. The third-order valence-corrected chi connectivity index (χ3v) is 8.71. The molecule has 0 radical (unpaired) electrons. The van der Waals surface area contributed by atoms with Crippen LogP contribution in [0.3, 0.4) is 0 Å². The van der Waals surface area contributed by atoms with Gasteiger partial charge in [0.25, 0.3) is 0 Å². The van der Waals surface area contributed by atoms with Gasteiger partial charge in [-0.3, -0.25) is 9.98 Å². The SMILES string of the molecule is C[C@H](N)CCCc1cc(OC(F)(F)F)c(F)c(-c2cc3cn(-c4ccc([C@H](C)NCCC(CC5CNC5)NC(=N)N)cc4)c(=O)nc3[nH]2)c1. The van der Waals surface area contributed by atoms with Crippen molar-refractivity contribution >= 4 is 17.0 Å². The van der Waals surface area contributed by atoms with Crippen LogP contribution in [0.1, 0.15) is 56.7 Å². The zero-order valence-electron chi connectivity index (χ0n) is 27.5. The Morgan fingerprint density at radius 1 is 1.16 bits per heavy atom. The molecule has 5 rings (SSSR count). The molecule has 1 unspecified atom stereocenters. The topological polar surface area (TPSA) is 172 Å². The average Bonchev–Trinajstić information content (AvgIpc) is 3.41. The minimum Gasteiger partial charge on any atom is -0.403 e. The third-order valence-electron chi connectivity index (χ3n) is 8.71. The van der Waals surface area contributed by atoms with Crippen LogP contribution in [-0.2, 0) is 6.42 Å². The fourth-order valence-corrected chi connectivity index (χ4v) is 6.05. The molecule has 264 valence electrons. The van der Waals surface area contributed by atoms with Gasteiger partial charge in [-0.2, -0.15) is 4.98 Å². The molecule has 4 aromatic rings. The summed E-state index contributed by atoms with van der Waals surface area (Å²) in [6.07, 6.45) is -0.188. The molecule has 1 aliphatic rings. The molecule has 3 heterocycles. The van der Waals surface area contributed by atoms with Crippen LogP contribution in [0, 0.1) is 17.1 Å². The summed E-state index contributed by atoms with van der Waals surface area (Å²) in [5, 5.41) is 17.9. The van der Waals surface area contributed by atoms with Crippen molar-refractivity contribution in [2.24, 2.45) is 17.4 Å². The molecule has 49 heavy (non-hydrogen) atoms. The number of guanidine groups is 1. The summed E-state index contributed by atoms with van der Waals surface area (Å²) in [4.78, 5) is 20.1. The van der Waals surface area contributed by atoms with Crippen LogP contribution in [0.5, 0.6) is 5.75 Å². The van der Waals surface area contributed by atoms with Gasteiger partial charge in [0, 0.05) is 35.3 Å². The summed E-state index contributed by atoms with van der Waals surface area (Å²) in [7, 11) is 0. The number of nitrogens with two attached hydrogens (primary N) is 2. The Morgan fingerprint density at radius 2 is 1.90 bits per heavy atom. The maximum absolute atomic E-state index is 15.4. The highest BCUT2D eigenvalue weighted by molar-refractivity contribution is 5.83. The lowest BCUT2D eigenvalue weighted by Crippen LogP contribution is -2.48. The number of rotatable bonds is 15. The van der Waals surface area contributed by atoms with Gasteiger partial charge in [-0.25, -0.2) is 9.18 Å². The van der Waals surface area contributed by atoms with E-state index in [9.17, 15) is 18.0 Å². The summed E-state index contributed by atoms with van der Waals surface area (Å²) >= 11 is 0. The molecule has 3 atom stereocenters. The summed E-state index contributed by atoms with van der Waals surface area (Å²) < 4.78 is 60.2. The number of ether oxygens (including phenoxy) is 1. The number of aromatic nitrogens is 3. The van der Waals surface area contributed by atoms with Gasteiger partial charge in [0.05, 0.1) is 11.4 Å². The van der Waals surface area contributed by atoms with Gasteiger partial charge < -0.3 is 37.1 Å². The number of hydrogen-bond acceptors (Lipinski definition) is 7. The van der Waals surface area contributed by atoms with Crippen molar-refractivity contribution in [3.05, 3.63) is 76.1 Å². The number of alkyl halides is 3. The van der Waals surface area contributed by atoms with E-state index >= 15 is 4.39 Å². The molecule has 1 saturated heterocycles. The van der Waals surface area contributed by atoms with Crippen molar-refractivity contribution in [3.63, 3.8) is 0 Å². The highest BCUT2D eigenvalue weighted by Gasteiger charge is 2.33. The molecule has 0 spiro atoms. The fourth-order valence-electron chi connectivity index (χ4n) is 6.05. The van der Waals surface area contributed by atoms with Crippen molar-refractivity contribution in [3.8, 4) is 22.7 Å². The van der Waals surface area contributed by atoms with E-state index in [1.54, 1.807) is 18.3 Å². The molecule has 1 fully saturated rings. The van der Waals surface area contributed by atoms with Crippen LogP contribution in [0.4, 0.5) is 17.6 Å². The Bertz CT molecular complexity index is 1800. The van der Waals surface area contributed by atoms with Gasteiger partial charge in [-0.1, -0.05) is 12.1 Å². The summed E-state index contributed by atoms with van der Waals surface area (Å²) in [6.45, 7) is 6.54. The zero-order valence-corrected chi connectivity index (χ0v) is 27.5. The number of benzene rings is 2. The Kier molecular flexibility index (Phi) is 11.3. The largest absolute Gasteiger partial charge is 0.573 e. The summed E-state index contributed by atoms with van der Waals surface area (Å²) in [5.74, 6) is -1.57. The monoisotopic (exact) mass is 685 g/mol. The van der Waals surface area contributed by atoms with Crippen molar-refractivity contribution in [2.75, 3.05) is 19.6 Å². The first kappa shape index (κ1) is 35.8. The lowest BCUT2D eigenvalue weighted by molar-refractivity contribution is -0.275. The van der Waals surface area contributed by atoms with Gasteiger partial charge in [-0.15, -0.1) is 13.2 Å². The normalized spacial score (nSPS) is 15.5. The van der Waals surface area contributed by atoms with E-state index in [2.05, 4.69) is 30.7 Å². The summed E-state index contributed by atoms with van der Waals surface area (Å²) in [5.41, 5.74) is 13.0. The predicted octanol–water partition coefficient (Wildman–Crippen LogP) is 4.59. The molecule has 1 aliphatic heterocycles. The van der Waals surface area contributed by atoms with Crippen LogP contribution in [0.25, 0.3) is 28.0 Å². The van der Waals surface area contributed by atoms with E-state index in [0.29, 0.717) is 48.4 Å². The third kappa shape index (κ3) is 9.58. The standard InChI is InChI=1S/C34H43F4N9O2/c1-19(39)4-3-5-21-13-27(30(35)29(14-21)49-34(36,37)38)28-15-24-18-47(33(48)46-31(24)45-28)26-8-6-23(7-9-26)20(2)43-11-10-25(44-32(40)41)12-22-16-42-17-22/h6-9,13-15,18-20,22,25,42-43H,3-5,10-12,16-17,39H2,1-2H3,(H4,40,41,44)(H,45,46,48)/t19-,20-,25?/m0/s1. The zero-order chi connectivity index (χ0) is 35.3. The van der Waals surface area contributed by atoms with Gasteiger partial charge >= 0.3 is 12.1 Å². The Morgan fingerprint density at radius 3 is 2.53 bits per heavy atom. The number of H-pyrrole nitrogens is 1. The van der Waals surface area contributed by atoms with Crippen molar-refractivity contribution in [2.45, 2.75) is 70.4 Å². The second-order valence-electron chi connectivity index (χ2n) is 12.8. The van der Waals surface area contributed by atoms with Crippen molar-refractivity contribution in [1.82, 2.24) is 30.5 Å². The minimum absolute atomic E-state index is 0.0116. The minimum atomic E-state index is -5.08. The van der Waals surface area contributed by atoms with Crippen molar-refractivity contribution < 1.29 is 22.3 Å². The second kappa shape index (κ2) is 15.4. The van der Waals surface area contributed by atoms with Gasteiger partial charge in [0.15, 0.2) is 17.5 Å². The number of nitrogens with zero attached hydrogens (tertiary/aromatic N) is 2. The Balaban J connectivity index is 1.32. The lowest BCUT2D eigenvalue weighted by atomic mass is 9.93. The van der Waals surface area contributed by atoms with Gasteiger partial charge in [0.1, 0.15) is 5.65 Å². The number of hydrogen-bond donors (Lipinski definition) is 7. The molecule has 9 N–H and O–H groups in total. The van der Waals surface area contributed by atoms with Crippen LogP contribution in [0.2, 0.25) is 0 Å². The van der Waals surface area contributed by atoms with E-state index in [-0.39, 0.29) is 41.0 Å². The number of nitrogens with one attached hydrogen (secondary N) is 5. The highest BCUT2D eigenvalue weighted by atomic mass is 19.4. The molecule has 2 aromatic carbocycles. The molecule has 2 aromatic heterocycles. The molecule has 11 nitrogen and oxygen atoms in total. The van der Waals surface area contributed by atoms with Crippen LogP contribution < -0.4 is 37.8 Å². The molecular weight excluding hydrogens is 642 g/mol. The van der Waals surface area contributed by atoms with E-state index in [1.165, 1.54) is 16.7 Å². The quantitative estimate of drug-likeness (QED) is 0.0541. The maximum Gasteiger partial charge on any atom is 0.573 e. The number of halogens is 4. The lowest BCUT2D eigenvalue weighted by Gasteiger charge is -2.31. The molecule has 0 bridgehead atoms. The maximum atomic E-state index is 15.4. The van der Waals surface area contributed by atoms with Crippen LogP contribution >= 0.6 is 0 Å². The molecular formula is C34H43F4N9O2. The number of aryl methyl sites for hydroxylation is 1. The first-order valence-electron chi connectivity index (χ1n) is 16.4. The van der Waals surface area contributed by atoms with E-state index in [1.807, 2.05) is 26.0 Å².